The van der Waals surface area contributed by atoms with Gasteiger partial charge in [0.2, 0.25) is 0 Å². The summed E-state index contributed by atoms with van der Waals surface area (Å²) < 4.78 is 11.8. The lowest BCUT2D eigenvalue weighted by Crippen LogP contribution is -2.13. The highest BCUT2D eigenvalue weighted by Gasteiger charge is 2.16. The van der Waals surface area contributed by atoms with Gasteiger partial charge in [-0.1, -0.05) is 34.1 Å². The number of benzene rings is 3. The van der Waals surface area contributed by atoms with Gasteiger partial charge in [-0.2, -0.15) is 0 Å². The Bertz CT molecular complexity index is 1220. The van der Waals surface area contributed by atoms with Gasteiger partial charge >= 0.3 is 0 Å². The van der Waals surface area contributed by atoms with E-state index in [1.165, 1.54) is 0 Å². The number of hydrogen-bond donors (Lipinski definition) is 1. The van der Waals surface area contributed by atoms with Crippen molar-refractivity contribution in [3.05, 3.63) is 82.8 Å². The van der Waals surface area contributed by atoms with Gasteiger partial charge in [0.25, 0.3) is 5.91 Å². The van der Waals surface area contributed by atoms with E-state index in [2.05, 4.69) is 21.2 Å². The van der Waals surface area contributed by atoms with E-state index in [9.17, 15) is 4.79 Å². The summed E-state index contributed by atoms with van der Waals surface area (Å²) in [4.78, 5) is 17.9. The van der Waals surface area contributed by atoms with E-state index < -0.39 is 0 Å². The molecule has 1 amide bonds. The number of pyridine rings is 1. The minimum atomic E-state index is -0.204. The topological polar surface area (TPSA) is 60.5 Å². The summed E-state index contributed by atoms with van der Waals surface area (Å²) >= 11 is 3.41. The molecule has 5 nitrogen and oxygen atoms in total. The van der Waals surface area contributed by atoms with Gasteiger partial charge in [-0.25, -0.2) is 4.98 Å². The van der Waals surface area contributed by atoms with Crippen LogP contribution in [0.4, 0.5) is 5.69 Å². The van der Waals surface area contributed by atoms with E-state index in [1.807, 2.05) is 60.7 Å². The van der Waals surface area contributed by atoms with E-state index in [-0.39, 0.29) is 5.91 Å². The second kappa shape index (κ2) is 8.55. The van der Waals surface area contributed by atoms with Gasteiger partial charge in [0, 0.05) is 27.2 Å². The molecule has 1 aromatic heterocycles. The van der Waals surface area contributed by atoms with Crippen molar-refractivity contribution in [2.45, 2.75) is 0 Å². The Morgan fingerprint density at radius 2 is 1.70 bits per heavy atom. The summed E-state index contributed by atoms with van der Waals surface area (Å²) in [5.41, 5.74) is 3.41. The fraction of sp³-hybridized carbons (Fsp3) is 0.0833. The fourth-order valence-corrected chi connectivity index (χ4v) is 3.51. The molecule has 150 valence electrons. The maximum absolute atomic E-state index is 13.1. The monoisotopic (exact) mass is 462 g/mol. The molecule has 0 atom stereocenters. The summed E-state index contributed by atoms with van der Waals surface area (Å²) in [5, 5.41) is 3.75. The zero-order valence-corrected chi connectivity index (χ0v) is 18.1. The van der Waals surface area contributed by atoms with E-state index in [0.29, 0.717) is 28.4 Å². The number of amides is 1. The van der Waals surface area contributed by atoms with Crippen LogP contribution in [0.15, 0.2) is 77.3 Å². The number of methoxy groups -OCH3 is 2. The molecule has 1 heterocycles. The van der Waals surface area contributed by atoms with Gasteiger partial charge in [-0.3, -0.25) is 4.79 Å². The van der Waals surface area contributed by atoms with Crippen LogP contribution in [-0.2, 0) is 0 Å². The molecular formula is C24H19BrN2O3. The quantitative estimate of drug-likeness (QED) is 0.398. The SMILES string of the molecule is COc1ccc(-c2cc(C(=O)Nc3ccc(Br)cc3)c3ccccc3n2)c(OC)c1. The molecule has 30 heavy (non-hydrogen) atoms. The molecule has 0 radical (unpaired) electrons. The first-order valence-electron chi connectivity index (χ1n) is 9.28. The first kappa shape index (κ1) is 19.9. The van der Waals surface area contributed by atoms with Gasteiger partial charge in [0.15, 0.2) is 0 Å². The minimum absolute atomic E-state index is 0.204. The zero-order chi connectivity index (χ0) is 21.1. The van der Waals surface area contributed by atoms with Crippen molar-refractivity contribution >= 4 is 38.4 Å². The Balaban J connectivity index is 1.82. The van der Waals surface area contributed by atoms with E-state index >= 15 is 0 Å². The fourth-order valence-electron chi connectivity index (χ4n) is 3.24. The Kier molecular flexibility index (Phi) is 5.68. The largest absolute Gasteiger partial charge is 0.497 e. The van der Waals surface area contributed by atoms with Crippen molar-refractivity contribution < 1.29 is 14.3 Å². The van der Waals surface area contributed by atoms with Crippen LogP contribution < -0.4 is 14.8 Å². The molecule has 1 N–H and O–H groups in total. The average molecular weight is 463 g/mol. The Labute approximate surface area is 182 Å². The highest BCUT2D eigenvalue weighted by atomic mass is 79.9. The van der Waals surface area contributed by atoms with E-state index in [1.54, 1.807) is 26.4 Å². The number of nitrogens with zero attached hydrogens (tertiary/aromatic N) is 1. The second-order valence-electron chi connectivity index (χ2n) is 6.60. The summed E-state index contributed by atoms with van der Waals surface area (Å²) in [5.74, 6) is 1.10. The van der Waals surface area contributed by atoms with Crippen LogP contribution in [-0.4, -0.2) is 25.1 Å². The van der Waals surface area contributed by atoms with E-state index in [4.69, 9.17) is 14.5 Å². The van der Waals surface area contributed by atoms with Gasteiger partial charge in [-0.15, -0.1) is 0 Å². The standard InChI is InChI=1S/C24H19BrN2O3/c1-29-17-11-12-19(23(13-17)30-2)22-14-20(18-5-3-4-6-21(18)27-22)24(28)26-16-9-7-15(25)8-10-16/h3-14H,1-2H3,(H,26,28). The maximum atomic E-state index is 13.1. The number of aromatic nitrogens is 1. The van der Waals surface area contributed by atoms with Crippen molar-refractivity contribution in [3.63, 3.8) is 0 Å². The number of rotatable bonds is 5. The first-order chi connectivity index (χ1) is 14.6. The molecule has 0 bridgehead atoms. The van der Waals surface area contributed by atoms with Gasteiger partial charge in [0.1, 0.15) is 11.5 Å². The Morgan fingerprint density at radius 1 is 0.933 bits per heavy atom. The number of hydrogen-bond acceptors (Lipinski definition) is 4. The third-order valence-corrected chi connectivity index (χ3v) is 5.28. The zero-order valence-electron chi connectivity index (χ0n) is 16.5. The third-order valence-electron chi connectivity index (χ3n) is 4.75. The Morgan fingerprint density at radius 3 is 2.43 bits per heavy atom. The van der Waals surface area contributed by atoms with Crippen LogP contribution in [0.5, 0.6) is 11.5 Å². The summed E-state index contributed by atoms with van der Waals surface area (Å²) in [6, 6.07) is 22.4. The lowest BCUT2D eigenvalue weighted by atomic mass is 10.0. The highest BCUT2D eigenvalue weighted by Crippen LogP contribution is 2.34. The van der Waals surface area contributed by atoms with Crippen LogP contribution in [0.1, 0.15) is 10.4 Å². The number of nitrogens with one attached hydrogen (secondary N) is 1. The molecule has 6 heteroatoms. The van der Waals surface area contributed by atoms with Crippen LogP contribution in [0.2, 0.25) is 0 Å². The average Bonchev–Trinajstić information content (AvgIpc) is 2.79. The van der Waals surface area contributed by atoms with E-state index in [0.717, 1.165) is 20.9 Å². The highest BCUT2D eigenvalue weighted by molar-refractivity contribution is 9.10. The molecule has 0 aliphatic heterocycles. The van der Waals surface area contributed by atoms with Crippen LogP contribution in [0.3, 0.4) is 0 Å². The lowest BCUT2D eigenvalue weighted by Gasteiger charge is -2.13. The van der Waals surface area contributed by atoms with Crippen LogP contribution in [0.25, 0.3) is 22.2 Å². The maximum Gasteiger partial charge on any atom is 0.256 e. The predicted octanol–water partition coefficient (Wildman–Crippen LogP) is 5.93. The molecule has 4 rings (SSSR count). The Hall–Kier alpha value is -3.38. The third kappa shape index (κ3) is 4.00. The van der Waals surface area contributed by atoms with Crippen molar-refractivity contribution in [1.29, 1.82) is 0 Å². The van der Waals surface area contributed by atoms with Crippen molar-refractivity contribution in [3.8, 4) is 22.8 Å². The normalized spacial score (nSPS) is 10.6. The van der Waals surface area contributed by atoms with Crippen LogP contribution >= 0.6 is 15.9 Å². The molecule has 0 saturated heterocycles. The molecule has 0 spiro atoms. The first-order valence-corrected chi connectivity index (χ1v) is 10.1. The summed E-state index contributed by atoms with van der Waals surface area (Å²) in [6.45, 7) is 0. The minimum Gasteiger partial charge on any atom is -0.497 e. The number of ether oxygens (including phenoxy) is 2. The second-order valence-corrected chi connectivity index (χ2v) is 7.52. The van der Waals surface area contributed by atoms with Gasteiger partial charge in [-0.05, 0) is 48.5 Å². The van der Waals surface area contributed by atoms with Crippen LogP contribution in [0, 0.1) is 0 Å². The van der Waals surface area contributed by atoms with Crippen molar-refractivity contribution in [2.24, 2.45) is 0 Å². The number of carbonyl (C=O) groups is 1. The molecular weight excluding hydrogens is 444 g/mol. The van der Waals surface area contributed by atoms with Gasteiger partial charge < -0.3 is 14.8 Å². The number of halogens is 1. The summed E-state index contributed by atoms with van der Waals surface area (Å²) in [7, 11) is 3.20. The molecule has 3 aromatic carbocycles. The number of anilines is 1. The smallest absolute Gasteiger partial charge is 0.256 e. The number of para-hydroxylation sites is 1. The molecule has 0 saturated carbocycles. The van der Waals surface area contributed by atoms with Gasteiger partial charge in [0.05, 0.1) is 31.0 Å². The van der Waals surface area contributed by atoms with Crippen molar-refractivity contribution in [1.82, 2.24) is 4.98 Å². The summed E-state index contributed by atoms with van der Waals surface area (Å²) in [6.07, 6.45) is 0. The molecule has 0 aliphatic rings. The van der Waals surface area contributed by atoms with Crippen molar-refractivity contribution in [2.75, 3.05) is 19.5 Å². The molecule has 4 aromatic rings. The predicted molar refractivity (Wildman–Crippen MR) is 122 cm³/mol. The number of carbonyl (C=O) groups excluding carboxylic acids is 1. The molecule has 0 aliphatic carbocycles. The number of fused-ring (bicyclic) bond motifs is 1. The molecule has 0 fully saturated rings. The molecule has 0 unspecified atom stereocenters. The lowest BCUT2D eigenvalue weighted by molar-refractivity contribution is 0.102.